The fourth-order valence-corrected chi connectivity index (χ4v) is 2.48. The second-order valence-electron chi connectivity index (χ2n) is 5.25. The number of carbonyl (C=O) groups is 1. The largest absolute Gasteiger partial charge is 0.366 e. The van der Waals surface area contributed by atoms with E-state index in [1.807, 2.05) is 24.3 Å². The smallest absolute Gasteiger partial charge is 0.249 e. The standard InChI is InChI=1S/C16H22N4O/c1-3-16(4-2,10-17)20-14-9-12(15(18)21)11-7-5-6-8-13(11)19-14/h5-9H,3-4,10,17H2,1-2H3,(H2,18,21)(H,19,20). The molecule has 0 spiro atoms. The van der Waals surface area contributed by atoms with Crippen LogP contribution in [0.1, 0.15) is 37.0 Å². The maximum atomic E-state index is 11.7. The minimum absolute atomic E-state index is 0.218. The normalized spacial score (nSPS) is 11.6. The number of carbonyl (C=O) groups excluding carboxylic acids is 1. The van der Waals surface area contributed by atoms with Crippen molar-refractivity contribution >= 4 is 22.6 Å². The van der Waals surface area contributed by atoms with Crippen LogP contribution in [0.4, 0.5) is 5.82 Å². The Balaban J connectivity index is 2.53. The van der Waals surface area contributed by atoms with Gasteiger partial charge in [0.25, 0.3) is 0 Å². The summed E-state index contributed by atoms with van der Waals surface area (Å²) in [5, 5.41) is 4.15. The van der Waals surface area contributed by atoms with E-state index in [1.54, 1.807) is 6.07 Å². The first kappa shape index (κ1) is 15.3. The number of pyridine rings is 1. The number of rotatable bonds is 6. The monoisotopic (exact) mass is 286 g/mol. The van der Waals surface area contributed by atoms with E-state index in [2.05, 4.69) is 24.1 Å². The van der Waals surface area contributed by atoms with Crippen molar-refractivity contribution in [2.24, 2.45) is 11.5 Å². The molecule has 112 valence electrons. The molecule has 2 aromatic rings. The molecule has 0 aliphatic rings. The summed E-state index contributed by atoms with van der Waals surface area (Å²) in [7, 11) is 0. The maximum Gasteiger partial charge on any atom is 0.249 e. The molecule has 0 radical (unpaired) electrons. The number of para-hydroxylation sites is 1. The van der Waals surface area contributed by atoms with Crippen LogP contribution in [0.25, 0.3) is 10.9 Å². The molecule has 2 rings (SSSR count). The van der Waals surface area contributed by atoms with Crippen molar-refractivity contribution in [1.82, 2.24) is 4.98 Å². The van der Waals surface area contributed by atoms with Crippen LogP contribution in [0.2, 0.25) is 0 Å². The van der Waals surface area contributed by atoms with Gasteiger partial charge in [0, 0.05) is 11.9 Å². The van der Waals surface area contributed by atoms with E-state index in [9.17, 15) is 4.79 Å². The summed E-state index contributed by atoms with van der Waals surface area (Å²) >= 11 is 0. The minimum atomic E-state index is -0.456. The number of benzene rings is 1. The molecule has 0 aliphatic heterocycles. The SMILES string of the molecule is CCC(CC)(CN)Nc1cc(C(N)=O)c2ccccc2n1. The number of amides is 1. The van der Waals surface area contributed by atoms with Gasteiger partial charge in [-0.1, -0.05) is 32.0 Å². The minimum Gasteiger partial charge on any atom is -0.366 e. The number of hydrogen-bond donors (Lipinski definition) is 3. The Hall–Kier alpha value is -2.14. The molecule has 0 unspecified atom stereocenters. The van der Waals surface area contributed by atoms with Gasteiger partial charge >= 0.3 is 0 Å². The third-order valence-electron chi connectivity index (χ3n) is 4.12. The Bertz CT molecular complexity index is 642. The van der Waals surface area contributed by atoms with Crippen LogP contribution in [0.5, 0.6) is 0 Å². The molecule has 0 bridgehead atoms. The van der Waals surface area contributed by atoms with Gasteiger partial charge in [0.1, 0.15) is 5.82 Å². The van der Waals surface area contributed by atoms with Crippen LogP contribution in [-0.2, 0) is 0 Å². The molecule has 0 saturated carbocycles. The van der Waals surface area contributed by atoms with Gasteiger partial charge < -0.3 is 16.8 Å². The highest BCUT2D eigenvalue weighted by atomic mass is 16.1. The zero-order valence-electron chi connectivity index (χ0n) is 12.5. The number of nitrogens with zero attached hydrogens (tertiary/aromatic N) is 1. The van der Waals surface area contributed by atoms with Crippen molar-refractivity contribution in [2.45, 2.75) is 32.2 Å². The van der Waals surface area contributed by atoms with Gasteiger partial charge in [-0.3, -0.25) is 4.79 Å². The highest BCUT2D eigenvalue weighted by Crippen LogP contribution is 2.25. The average Bonchev–Trinajstić information content (AvgIpc) is 2.52. The highest BCUT2D eigenvalue weighted by Gasteiger charge is 2.25. The number of aromatic nitrogens is 1. The molecule has 1 heterocycles. The topological polar surface area (TPSA) is 94.0 Å². The third kappa shape index (κ3) is 2.97. The molecular weight excluding hydrogens is 264 g/mol. The van der Waals surface area contributed by atoms with Crippen LogP contribution in [0, 0.1) is 0 Å². The van der Waals surface area contributed by atoms with E-state index in [4.69, 9.17) is 11.5 Å². The Morgan fingerprint density at radius 1 is 1.29 bits per heavy atom. The first-order valence-electron chi connectivity index (χ1n) is 7.23. The van der Waals surface area contributed by atoms with Crippen LogP contribution >= 0.6 is 0 Å². The van der Waals surface area contributed by atoms with Gasteiger partial charge in [-0.2, -0.15) is 0 Å². The molecule has 0 fully saturated rings. The average molecular weight is 286 g/mol. The Morgan fingerprint density at radius 2 is 1.95 bits per heavy atom. The summed E-state index contributed by atoms with van der Waals surface area (Å²) in [4.78, 5) is 16.3. The lowest BCUT2D eigenvalue weighted by Crippen LogP contribution is -2.44. The predicted molar refractivity (Wildman–Crippen MR) is 86.3 cm³/mol. The maximum absolute atomic E-state index is 11.7. The van der Waals surface area contributed by atoms with E-state index >= 15 is 0 Å². The molecule has 5 N–H and O–H groups in total. The summed E-state index contributed by atoms with van der Waals surface area (Å²) < 4.78 is 0. The summed E-state index contributed by atoms with van der Waals surface area (Å²) in [5.74, 6) is 0.180. The molecule has 1 amide bonds. The third-order valence-corrected chi connectivity index (χ3v) is 4.12. The second kappa shape index (κ2) is 6.10. The Morgan fingerprint density at radius 3 is 2.52 bits per heavy atom. The van der Waals surface area contributed by atoms with E-state index in [0.717, 1.165) is 23.7 Å². The summed E-state index contributed by atoms with van der Waals surface area (Å²) in [5.41, 5.74) is 12.4. The number of nitrogens with two attached hydrogens (primary N) is 2. The molecular formula is C16H22N4O. The number of fused-ring (bicyclic) bond motifs is 1. The van der Waals surface area contributed by atoms with Crippen LogP contribution < -0.4 is 16.8 Å². The van der Waals surface area contributed by atoms with Crippen LogP contribution in [0.15, 0.2) is 30.3 Å². The molecule has 0 saturated heterocycles. The van der Waals surface area contributed by atoms with E-state index < -0.39 is 5.91 Å². The van der Waals surface area contributed by atoms with Gasteiger partial charge in [-0.15, -0.1) is 0 Å². The number of primary amides is 1. The Kier molecular flexibility index (Phi) is 4.43. The van der Waals surface area contributed by atoms with Crippen LogP contribution in [0.3, 0.4) is 0 Å². The fourth-order valence-electron chi connectivity index (χ4n) is 2.48. The quantitative estimate of drug-likeness (QED) is 0.759. The van der Waals surface area contributed by atoms with Crippen molar-refractivity contribution in [1.29, 1.82) is 0 Å². The molecule has 0 aliphatic carbocycles. The van der Waals surface area contributed by atoms with Crippen molar-refractivity contribution in [3.8, 4) is 0 Å². The van der Waals surface area contributed by atoms with Gasteiger partial charge in [0.05, 0.1) is 16.6 Å². The van der Waals surface area contributed by atoms with Crippen molar-refractivity contribution in [3.63, 3.8) is 0 Å². The van der Waals surface area contributed by atoms with Gasteiger partial charge in [0.2, 0.25) is 5.91 Å². The molecule has 1 aromatic carbocycles. The van der Waals surface area contributed by atoms with Gasteiger partial charge in [-0.25, -0.2) is 4.98 Å². The zero-order valence-corrected chi connectivity index (χ0v) is 12.5. The van der Waals surface area contributed by atoms with Crippen LogP contribution in [-0.4, -0.2) is 23.0 Å². The van der Waals surface area contributed by atoms with Crippen molar-refractivity contribution < 1.29 is 4.79 Å². The second-order valence-corrected chi connectivity index (χ2v) is 5.25. The lowest BCUT2D eigenvalue weighted by molar-refractivity contribution is 0.100. The van der Waals surface area contributed by atoms with E-state index in [0.29, 0.717) is 17.9 Å². The Labute approximate surface area is 124 Å². The summed E-state index contributed by atoms with van der Waals surface area (Å²) in [6.45, 7) is 4.67. The molecule has 21 heavy (non-hydrogen) atoms. The summed E-state index contributed by atoms with van der Waals surface area (Å²) in [6.07, 6.45) is 1.75. The lowest BCUT2D eigenvalue weighted by Gasteiger charge is -2.32. The number of anilines is 1. The van der Waals surface area contributed by atoms with Crippen molar-refractivity contribution in [2.75, 3.05) is 11.9 Å². The van der Waals surface area contributed by atoms with Gasteiger partial charge in [0.15, 0.2) is 0 Å². The predicted octanol–water partition coefficient (Wildman–Crippen LogP) is 2.26. The van der Waals surface area contributed by atoms with Gasteiger partial charge in [-0.05, 0) is 25.0 Å². The number of hydrogen-bond acceptors (Lipinski definition) is 4. The van der Waals surface area contributed by atoms with Crippen molar-refractivity contribution in [3.05, 3.63) is 35.9 Å². The fraction of sp³-hybridized carbons (Fsp3) is 0.375. The molecule has 5 heteroatoms. The molecule has 0 atom stereocenters. The first-order valence-corrected chi connectivity index (χ1v) is 7.23. The highest BCUT2D eigenvalue weighted by molar-refractivity contribution is 6.06. The van der Waals surface area contributed by atoms with E-state index in [-0.39, 0.29) is 5.54 Å². The molecule has 5 nitrogen and oxygen atoms in total. The number of nitrogens with one attached hydrogen (secondary N) is 1. The van der Waals surface area contributed by atoms with E-state index in [1.165, 1.54) is 0 Å². The zero-order chi connectivity index (χ0) is 15.5. The molecule has 1 aromatic heterocycles. The first-order chi connectivity index (χ1) is 10.0. The lowest BCUT2D eigenvalue weighted by atomic mass is 9.93. The summed E-state index contributed by atoms with van der Waals surface area (Å²) in [6, 6.07) is 9.18.